The number of rotatable bonds is 6. The standard InChI is InChI=1S/C22H16ClN3O4/c23-18-12-11-17(14-20(18)26(29)30)24-22(28)19(13-15-7-3-1-4-8-15)25-21(27)16-9-5-2-6-10-16/h1-14H,(H,24,28)(H,25,27)/b19-13+. The number of nitrogens with zero attached hydrogens (tertiary/aromatic N) is 1. The van der Waals surface area contributed by atoms with Crippen LogP contribution in [0, 0.1) is 10.1 Å². The number of nitro groups is 1. The third kappa shape index (κ3) is 5.30. The zero-order chi connectivity index (χ0) is 21.5. The van der Waals surface area contributed by atoms with Gasteiger partial charge in [0.25, 0.3) is 17.5 Å². The predicted octanol–water partition coefficient (Wildman–Crippen LogP) is 4.66. The Hall–Kier alpha value is -3.97. The van der Waals surface area contributed by atoms with Crippen LogP contribution >= 0.6 is 11.6 Å². The molecule has 7 nitrogen and oxygen atoms in total. The number of amides is 2. The van der Waals surface area contributed by atoms with Crippen LogP contribution in [0.2, 0.25) is 5.02 Å². The second-order valence-corrected chi connectivity index (χ2v) is 6.57. The lowest BCUT2D eigenvalue weighted by molar-refractivity contribution is -0.384. The number of nitrogens with one attached hydrogen (secondary N) is 2. The number of nitro benzene ring substituents is 1. The molecule has 150 valence electrons. The third-order valence-corrected chi connectivity index (χ3v) is 4.36. The molecule has 3 aromatic carbocycles. The summed E-state index contributed by atoms with van der Waals surface area (Å²) in [6.07, 6.45) is 1.51. The van der Waals surface area contributed by atoms with Crippen molar-refractivity contribution in [1.82, 2.24) is 5.32 Å². The number of hydrogen-bond acceptors (Lipinski definition) is 4. The zero-order valence-corrected chi connectivity index (χ0v) is 16.3. The zero-order valence-electron chi connectivity index (χ0n) is 15.5. The van der Waals surface area contributed by atoms with Gasteiger partial charge in [0.1, 0.15) is 10.7 Å². The average molecular weight is 422 g/mol. The second kappa shape index (κ2) is 9.49. The van der Waals surface area contributed by atoms with E-state index >= 15 is 0 Å². The van der Waals surface area contributed by atoms with E-state index in [9.17, 15) is 19.7 Å². The first-order valence-electron chi connectivity index (χ1n) is 8.82. The van der Waals surface area contributed by atoms with E-state index in [1.165, 1.54) is 18.2 Å². The molecule has 0 heterocycles. The Kier molecular flexibility index (Phi) is 6.56. The lowest BCUT2D eigenvalue weighted by Gasteiger charge is -2.11. The molecule has 0 aliphatic rings. The van der Waals surface area contributed by atoms with Gasteiger partial charge in [0.2, 0.25) is 0 Å². The van der Waals surface area contributed by atoms with Gasteiger partial charge < -0.3 is 10.6 Å². The molecule has 0 bridgehead atoms. The Balaban J connectivity index is 1.89. The first-order chi connectivity index (χ1) is 14.4. The van der Waals surface area contributed by atoms with Gasteiger partial charge >= 0.3 is 0 Å². The first kappa shape index (κ1) is 20.8. The molecule has 0 saturated carbocycles. The smallest absolute Gasteiger partial charge is 0.289 e. The summed E-state index contributed by atoms with van der Waals surface area (Å²) in [5, 5.41) is 16.2. The van der Waals surface area contributed by atoms with Crippen molar-refractivity contribution in [1.29, 1.82) is 0 Å². The van der Waals surface area contributed by atoms with Crippen LogP contribution in [-0.4, -0.2) is 16.7 Å². The number of benzene rings is 3. The molecule has 8 heteroatoms. The van der Waals surface area contributed by atoms with Crippen molar-refractivity contribution in [3.05, 3.63) is 111 Å². The Bertz CT molecular complexity index is 1120. The number of halogens is 1. The topological polar surface area (TPSA) is 101 Å². The summed E-state index contributed by atoms with van der Waals surface area (Å²) < 4.78 is 0. The van der Waals surface area contributed by atoms with Crippen LogP contribution in [0.4, 0.5) is 11.4 Å². The quantitative estimate of drug-likeness (QED) is 0.343. The van der Waals surface area contributed by atoms with Gasteiger partial charge in [-0.25, -0.2) is 0 Å². The number of anilines is 1. The molecule has 0 unspecified atom stereocenters. The molecule has 0 aliphatic heterocycles. The van der Waals surface area contributed by atoms with E-state index in [4.69, 9.17) is 11.6 Å². The SMILES string of the molecule is O=C(Nc1ccc(Cl)c([N+](=O)[O-])c1)/C(=C\c1ccccc1)NC(=O)c1ccccc1. The lowest BCUT2D eigenvalue weighted by Crippen LogP contribution is -2.30. The van der Waals surface area contributed by atoms with Crippen molar-refractivity contribution in [2.45, 2.75) is 0 Å². The maximum absolute atomic E-state index is 12.9. The fourth-order valence-corrected chi connectivity index (χ4v) is 2.77. The maximum Gasteiger partial charge on any atom is 0.289 e. The van der Waals surface area contributed by atoms with Gasteiger partial charge in [-0.1, -0.05) is 60.1 Å². The van der Waals surface area contributed by atoms with Crippen LogP contribution in [0.3, 0.4) is 0 Å². The normalized spacial score (nSPS) is 10.9. The van der Waals surface area contributed by atoms with Crippen LogP contribution in [0.1, 0.15) is 15.9 Å². The van der Waals surface area contributed by atoms with Crippen LogP contribution in [0.15, 0.2) is 84.6 Å². The first-order valence-corrected chi connectivity index (χ1v) is 9.20. The van der Waals surface area contributed by atoms with Gasteiger partial charge in [-0.3, -0.25) is 19.7 Å². The maximum atomic E-state index is 12.9. The van der Waals surface area contributed by atoms with E-state index in [1.807, 2.05) is 6.07 Å². The third-order valence-electron chi connectivity index (χ3n) is 4.04. The highest BCUT2D eigenvalue weighted by molar-refractivity contribution is 6.32. The molecular weight excluding hydrogens is 406 g/mol. The molecule has 2 N–H and O–H groups in total. The van der Waals surface area contributed by atoms with Crippen molar-refractivity contribution in [2.75, 3.05) is 5.32 Å². The van der Waals surface area contributed by atoms with Gasteiger partial charge in [-0.05, 0) is 35.9 Å². The Labute approximate surface area is 177 Å². The molecule has 0 fully saturated rings. The second-order valence-electron chi connectivity index (χ2n) is 6.17. The Morgan fingerprint density at radius 3 is 2.20 bits per heavy atom. The Morgan fingerprint density at radius 1 is 0.933 bits per heavy atom. The lowest BCUT2D eigenvalue weighted by atomic mass is 10.1. The summed E-state index contributed by atoms with van der Waals surface area (Å²) in [6, 6.07) is 21.3. The van der Waals surface area contributed by atoms with Gasteiger partial charge in [-0.2, -0.15) is 0 Å². The monoisotopic (exact) mass is 421 g/mol. The van der Waals surface area contributed by atoms with Gasteiger partial charge in [0.05, 0.1) is 4.92 Å². The van der Waals surface area contributed by atoms with E-state index in [1.54, 1.807) is 54.6 Å². The molecular formula is C22H16ClN3O4. The van der Waals surface area contributed by atoms with Gasteiger partial charge in [-0.15, -0.1) is 0 Å². The fraction of sp³-hybridized carbons (Fsp3) is 0. The molecule has 0 radical (unpaired) electrons. The van der Waals surface area contributed by atoms with Crippen molar-refractivity contribution in [2.24, 2.45) is 0 Å². The highest BCUT2D eigenvalue weighted by atomic mass is 35.5. The number of carbonyl (C=O) groups is 2. The highest BCUT2D eigenvalue weighted by Crippen LogP contribution is 2.27. The summed E-state index contributed by atoms with van der Waals surface area (Å²) in [5.74, 6) is -1.10. The van der Waals surface area contributed by atoms with E-state index in [0.29, 0.717) is 11.1 Å². The number of carbonyl (C=O) groups excluding carboxylic acids is 2. The van der Waals surface area contributed by atoms with E-state index in [2.05, 4.69) is 10.6 Å². The van der Waals surface area contributed by atoms with Gasteiger partial charge in [0.15, 0.2) is 0 Å². The van der Waals surface area contributed by atoms with Crippen LogP contribution < -0.4 is 10.6 Å². The van der Waals surface area contributed by atoms with E-state index in [0.717, 1.165) is 6.07 Å². The van der Waals surface area contributed by atoms with Gasteiger partial charge in [0, 0.05) is 17.3 Å². The predicted molar refractivity (Wildman–Crippen MR) is 115 cm³/mol. The van der Waals surface area contributed by atoms with Crippen molar-refractivity contribution >= 4 is 40.9 Å². The molecule has 30 heavy (non-hydrogen) atoms. The molecule has 3 rings (SSSR count). The molecule has 0 aromatic heterocycles. The summed E-state index contributed by atoms with van der Waals surface area (Å²) in [6.45, 7) is 0. The summed E-state index contributed by atoms with van der Waals surface area (Å²) in [4.78, 5) is 35.8. The molecule has 0 saturated heterocycles. The number of hydrogen-bond donors (Lipinski definition) is 2. The van der Waals surface area contributed by atoms with E-state index in [-0.39, 0.29) is 22.1 Å². The molecule has 3 aromatic rings. The summed E-state index contributed by atoms with van der Waals surface area (Å²) >= 11 is 5.81. The Morgan fingerprint density at radius 2 is 1.57 bits per heavy atom. The molecule has 0 atom stereocenters. The summed E-state index contributed by atoms with van der Waals surface area (Å²) in [5.41, 5.74) is 0.887. The van der Waals surface area contributed by atoms with Crippen molar-refractivity contribution in [3.8, 4) is 0 Å². The van der Waals surface area contributed by atoms with Crippen molar-refractivity contribution in [3.63, 3.8) is 0 Å². The minimum Gasteiger partial charge on any atom is -0.320 e. The molecule has 0 aliphatic carbocycles. The summed E-state index contributed by atoms with van der Waals surface area (Å²) in [7, 11) is 0. The fourth-order valence-electron chi connectivity index (χ4n) is 2.59. The van der Waals surface area contributed by atoms with Crippen LogP contribution in [0.25, 0.3) is 6.08 Å². The largest absolute Gasteiger partial charge is 0.320 e. The van der Waals surface area contributed by atoms with Crippen molar-refractivity contribution < 1.29 is 14.5 Å². The highest BCUT2D eigenvalue weighted by Gasteiger charge is 2.18. The minimum absolute atomic E-state index is 0.0207. The van der Waals surface area contributed by atoms with Crippen LogP contribution in [-0.2, 0) is 4.79 Å². The average Bonchev–Trinajstić information content (AvgIpc) is 2.75. The van der Waals surface area contributed by atoms with E-state index < -0.39 is 16.7 Å². The molecule has 0 spiro atoms. The van der Waals surface area contributed by atoms with Crippen LogP contribution in [0.5, 0.6) is 0 Å². The molecule has 2 amide bonds. The minimum atomic E-state index is -0.643.